The summed E-state index contributed by atoms with van der Waals surface area (Å²) in [7, 11) is 0. The smallest absolute Gasteiger partial charge is 0.109 e. The molecule has 1 spiro atoms. The fourth-order valence-corrected chi connectivity index (χ4v) is 4.07. The molecule has 3 rings (SSSR count). The Morgan fingerprint density at radius 3 is 3.06 bits per heavy atom. The molecule has 0 amide bonds. The van der Waals surface area contributed by atoms with Gasteiger partial charge >= 0.3 is 0 Å². The van der Waals surface area contributed by atoms with Gasteiger partial charge in [0.25, 0.3) is 0 Å². The maximum atomic E-state index is 6.08. The van der Waals surface area contributed by atoms with Gasteiger partial charge in [0.05, 0.1) is 11.6 Å². The lowest BCUT2D eigenvalue weighted by Gasteiger charge is -2.39. The molecule has 2 heterocycles. The summed E-state index contributed by atoms with van der Waals surface area (Å²) in [4.78, 5) is 4.40. The van der Waals surface area contributed by atoms with E-state index in [0.29, 0.717) is 12.1 Å². The van der Waals surface area contributed by atoms with Crippen molar-refractivity contribution in [3.05, 3.63) is 16.6 Å². The second kappa shape index (κ2) is 5.27. The maximum absolute atomic E-state index is 6.08. The molecular formula is C14H22N2OS. The van der Waals surface area contributed by atoms with Crippen molar-refractivity contribution in [2.75, 3.05) is 6.61 Å². The molecule has 2 unspecified atom stereocenters. The maximum Gasteiger partial charge on any atom is 0.109 e. The van der Waals surface area contributed by atoms with Crippen molar-refractivity contribution >= 4 is 11.3 Å². The minimum Gasteiger partial charge on any atom is -0.375 e. The van der Waals surface area contributed by atoms with Crippen LogP contribution in [-0.4, -0.2) is 23.2 Å². The number of nitrogens with zero attached hydrogens (tertiary/aromatic N) is 1. The van der Waals surface area contributed by atoms with E-state index in [0.717, 1.165) is 13.0 Å². The zero-order valence-corrected chi connectivity index (χ0v) is 11.8. The molecular weight excluding hydrogens is 244 g/mol. The third-order valence-corrected chi connectivity index (χ3v) is 5.27. The molecule has 1 aromatic rings. The van der Waals surface area contributed by atoms with E-state index in [-0.39, 0.29) is 5.60 Å². The molecule has 0 radical (unpaired) electrons. The molecule has 1 aromatic heterocycles. The van der Waals surface area contributed by atoms with Crippen LogP contribution in [-0.2, 0) is 4.74 Å². The summed E-state index contributed by atoms with van der Waals surface area (Å²) in [5.41, 5.74) is 0.207. The highest BCUT2D eigenvalue weighted by Gasteiger charge is 2.40. The van der Waals surface area contributed by atoms with E-state index in [9.17, 15) is 0 Å². The Hall–Kier alpha value is -0.450. The van der Waals surface area contributed by atoms with Gasteiger partial charge in [-0.3, -0.25) is 0 Å². The fourth-order valence-electron chi connectivity index (χ4n) is 3.41. The molecule has 1 N–H and O–H groups in total. The Labute approximate surface area is 113 Å². The lowest BCUT2D eigenvalue weighted by Crippen LogP contribution is -2.46. The highest BCUT2D eigenvalue weighted by Crippen LogP contribution is 2.40. The molecule has 0 bridgehead atoms. The second-order valence-electron chi connectivity index (χ2n) is 5.69. The topological polar surface area (TPSA) is 34.1 Å². The van der Waals surface area contributed by atoms with Crippen LogP contribution in [0.25, 0.3) is 0 Å². The van der Waals surface area contributed by atoms with Crippen molar-refractivity contribution in [3.8, 4) is 0 Å². The van der Waals surface area contributed by atoms with Crippen LogP contribution in [0.5, 0.6) is 0 Å². The van der Waals surface area contributed by atoms with Gasteiger partial charge in [0.1, 0.15) is 5.01 Å². The van der Waals surface area contributed by atoms with Gasteiger partial charge in [-0.25, -0.2) is 4.98 Å². The van der Waals surface area contributed by atoms with Gasteiger partial charge in [-0.05, 0) is 32.6 Å². The van der Waals surface area contributed by atoms with E-state index >= 15 is 0 Å². The summed E-state index contributed by atoms with van der Waals surface area (Å²) in [6, 6.07) is 0.960. The van der Waals surface area contributed by atoms with Crippen molar-refractivity contribution in [2.45, 2.75) is 63.1 Å². The number of aromatic nitrogens is 1. The van der Waals surface area contributed by atoms with Gasteiger partial charge in [0.15, 0.2) is 0 Å². The van der Waals surface area contributed by atoms with Gasteiger partial charge in [0.2, 0.25) is 0 Å². The van der Waals surface area contributed by atoms with Crippen LogP contribution in [0.3, 0.4) is 0 Å². The number of thiazole rings is 1. The summed E-state index contributed by atoms with van der Waals surface area (Å²) < 4.78 is 6.08. The number of rotatable bonds is 3. The van der Waals surface area contributed by atoms with Crippen LogP contribution in [0.1, 0.15) is 56.5 Å². The summed E-state index contributed by atoms with van der Waals surface area (Å²) >= 11 is 1.74. The van der Waals surface area contributed by atoms with Gasteiger partial charge in [0, 0.05) is 24.2 Å². The first-order valence-corrected chi connectivity index (χ1v) is 7.95. The Bertz CT molecular complexity index is 373. The molecule has 1 saturated heterocycles. The van der Waals surface area contributed by atoms with Gasteiger partial charge in [-0.1, -0.05) is 12.8 Å². The average Bonchev–Trinajstić information content (AvgIpc) is 3.01. The third kappa shape index (κ3) is 2.60. The first kappa shape index (κ1) is 12.6. The first-order valence-electron chi connectivity index (χ1n) is 7.07. The standard InChI is InChI=1S/C14H22N2OS/c1-11(13-15-7-9-18-13)16-12-4-8-17-14(10-12)5-2-3-6-14/h7,9,11-12,16H,2-6,8,10H2,1H3. The van der Waals surface area contributed by atoms with Crippen molar-refractivity contribution in [1.82, 2.24) is 10.3 Å². The SMILES string of the molecule is CC(NC1CCOC2(CCCC2)C1)c1nccs1. The molecule has 1 saturated carbocycles. The molecule has 18 heavy (non-hydrogen) atoms. The minimum atomic E-state index is 0.207. The second-order valence-corrected chi connectivity index (χ2v) is 6.61. The zero-order valence-electron chi connectivity index (χ0n) is 11.0. The Morgan fingerprint density at radius 2 is 2.33 bits per heavy atom. The van der Waals surface area contributed by atoms with E-state index in [1.54, 1.807) is 11.3 Å². The summed E-state index contributed by atoms with van der Waals surface area (Å²) in [6.45, 7) is 3.14. The third-order valence-electron chi connectivity index (χ3n) is 4.32. The predicted molar refractivity (Wildman–Crippen MR) is 73.8 cm³/mol. The van der Waals surface area contributed by atoms with Crippen LogP contribution < -0.4 is 5.32 Å². The molecule has 2 fully saturated rings. The van der Waals surface area contributed by atoms with Crippen LogP contribution in [0.2, 0.25) is 0 Å². The summed E-state index contributed by atoms with van der Waals surface area (Å²) in [6.07, 6.45) is 9.41. The summed E-state index contributed by atoms with van der Waals surface area (Å²) in [5, 5.41) is 6.99. The monoisotopic (exact) mass is 266 g/mol. The molecule has 100 valence electrons. The summed E-state index contributed by atoms with van der Waals surface area (Å²) in [5.74, 6) is 0. The van der Waals surface area contributed by atoms with Gasteiger partial charge < -0.3 is 10.1 Å². The molecule has 1 aliphatic heterocycles. The number of hydrogen-bond donors (Lipinski definition) is 1. The van der Waals surface area contributed by atoms with Crippen molar-refractivity contribution < 1.29 is 4.74 Å². The Morgan fingerprint density at radius 1 is 1.50 bits per heavy atom. The average molecular weight is 266 g/mol. The Balaban J connectivity index is 1.59. The predicted octanol–water partition coefficient (Wildman–Crippen LogP) is 3.29. The van der Waals surface area contributed by atoms with Gasteiger partial charge in [-0.2, -0.15) is 0 Å². The van der Waals surface area contributed by atoms with E-state index in [1.807, 2.05) is 6.20 Å². The zero-order chi connectivity index (χ0) is 12.4. The van der Waals surface area contributed by atoms with Gasteiger partial charge in [-0.15, -0.1) is 11.3 Å². The highest BCUT2D eigenvalue weighted by molar-refractivity contribution is 7.09. The molecule has 4 heteroatoms. The van der Waals surface area contributed by atoms with Crippen LogP contribution in [0.4, 0.5) is 0 Å². The number of ether oxygens (including phenoxy) is 1. The largest absolute Gasteiger partial charge is 0.375 e. The van der Waals surface area contributed by atoms with Crippen LogP contribution in [0.15, 0.2) is 11.6 Å². The van der Waals surface area contributed by atoms with Crippen molar-refractivity contribution in [2.24, 2.45) is 0 Å². The fraction of sp³-hybridized carbons (Fsp3) is 0.786. The van der Waals surface area contributed by atoms with E-state index in [4.69, 9.17) is 4.74 Å². The number of hydrogen-bond acceptors (Lipinski definition) is 4. The normalized spacial score (nSPS) is 28.6. The Kier molecular flexibility index (Phi) is 3.68. The lowest BCUT2D eigenvalue weighted by atomic mass is 9.88. The lowest BCUT2D eigenvalue weighted by molar-refractivity contribution is -0.0846. The van der Waals surface area contributed by atoms with Crippen LogP contribution >= 0.6 is 11.3 Å². The molecule has 2 aliphatic rings. The quantitative estimate of drug-likeness (QED) is 0.911. The first-order chi connectivity index (χ1) is 8.77. The van der Waals surface area contributed by atoms with E-state index in [1.165, 1.54) is 37.1 Å². The molecule has 1 aliphatic carbocycles. The molecule has 3 nitrogen and oxygen atoms in total. The van der Waals surface area contributed by atoms with Crippen molar-refractivity contribution in [1.29, 1.82) is 0 Å². The van der Waals surface area contributed by atoms with E-state index in [2.05, 4.69) is 22.6 Å². The van der Waals surface area contributed by atoms with E-state index < -0.39 is 0 Å². The van der Waals surface area contributed by atoms with Crippen molar-refractivity contribution in [3.63, 3.8) is 0 Å². The van der Waals surface area contributed by atoms with Crippen LogP contribution in [0, 0.1) is 0 Å². The molecule has 0 aromatic carbocycles. The highest BCUT2D eigenvalue weighted by atomic mass is 32.1. The number of nitrogens with one attached hydrogen (secondary N) is 1. The minimum absolute atomic E-state index is 0.207. The molecule has 2 atom stereocenters.